The number of nitrogens with two attached hydrogens (primary N) is 1. The lowest BCUT2D eigenvalue weighted by Crippen LogP contribution is -2.48. The van der Waals surface area contributed by atoms with E-state index < -0.39 is 5.60 Å². The van der Waals surface area contributed by atoms with Crippen LogP contribution in [-0.4, -0.2) is 48.9 Å². The molecule has 0 aromatic heterocycles. The van der Waals surface area contributed by atoms with Crippen LogP contribution in [-0.2, 0) is 9.47 Å². The predicted molar refractivity (Wildman–Crippen MR) is 68.2 cm³/mol. The molecule has 0 saturated carbocycles. The van der Waals surface area contributed by atoms with Gasteiger partial charge < -0.3 is 20.1 Å². The number of carbonyl (C=O) groups is 1. The van der Waals surface area contributed by atoms with Gasteiger partial charge in [-0.1, -0.05) is 0 Å². The smallest absolute Gasteiger partial charge is 0.410 e. The Bertz CT molecular complexity index is 308. The largest absolute Gasteiger partial charge is 0.444 e. The molecule has 0 aromatic rings. The second-order valence-corrected chi connectivity index (χ2v) is 6.25. The third-order valence-corrected chi connectivity index (χ3v) is 3.69. The summed E-state index contributed by atoms with van der Waals surface area (Å²) in [6.45, 7) is 8.45. The fraction of sp³-hybridized carbons (Fsp3) is 0.923. The Labute approximate surface area is 109 Å². The topological polar surface area (TPSA) is 64.8 Å². The van der Waals surface area contributed by atoms with E-state index in [0.717, 1.165) is 19.6 Å². The van der Waals surface area contributed by atoms with E-state index in [-0.39, 0.29) is 12.2 Å². The maximum Gasteiger partial charge on any atom is 0.410 e. The van der Waals surface area contributed by atoms with Gasteiger partial charge in [-0.15, -0.1) is 0 Å². The number of likely N-dealkylation sites (tertiary alicyclic amines) is 1. The molecule has 2 aliphatic heterocycles. The van der Waals surface area contributed by atoms with Crippen molar-refractivity contribution in [1.29, 1.82) is 0 Å². The summed E-state index contributed by atoms with van der Waals surface area (Å²) in [4.78, 5) is 13.8. The van der Waals surface area contributed by atoms with E-state index in [4.69, 9.17) is 15.2 Å². The standard InChI is InChI=1S/C13H24N2O3/c1-13(2,3)18-12(16)15-5-4-9-8-17-11(6-14)10(9)7-15/h9-11H,4-8,14H2,1-3H3/t9-,10-,11+/m0/s1. The molecule has 0 spiro atoms. The lowest BCUT2D eigenvalue weighted by Gasteiger charge is -2.36. The first-order valence-electron chi connectivity index (χ1n) is 6.70. The summed E-state index contributed by atoms with van der Waals surface area (Å²) in [7, 11) is 0. The van der Waals surface area contributed by atoms with E-state index in [1.165, 1.54) is 0 Å². The van der Waals surface area contributed by atoms with Gasteiger partial charge in [0.1, 0.15) is 5.60 Å². The Morgan fingerprint density at radius 2 is 2.22 bits per heavy atom. The lowest BCUT2D eigenvalue weighted by molar-refractivity contribution is 0.0104. The molecule has 104 valence electrons. The predicted octanol–water partition coefficient (Wildman–Crippen LogP) is 1.22. The number of amides is 1. The van der Waals surface area contributed by atoms with Crippen LogP contribution in [0.4, 0.5) is 4.79 Å². The van der Waals surface area contributed by atoms with Crippen molar-refractivity contribution < 1.29 is 14.3 Å². The van der Waals surface area contributed by atoms with Gasteiger partial charge >= 0.3 is 6.09 Å². The minimum absolute atomic E-state index is 0.0974. The van der Waals surface area contributed by atoms with Gasteiger partial charge in [-0.05, 0) is 33.1 Å². The van der Waals surface area contributed by atoms with Crippen molar-refractivity contribution in [2.75, 3.05) is 26.2 Å². The quantitative estimate of drug-likeness (QED) is 0.766. The third-order valence-electron chi connectivity index (χ3n) is 3.69. The van der Waals surface area contributed by atoms with Gasteiger partial charge in [0, 0.05) is 25.6 Å². The zero-order valence-corrected chi connectivity index (χ0v) is 11.5. The van der Waals surface area contributed by atoms with E-state index >= 15 is 0 Å². The number of piperidine rings is 1. The van der Waals surface area contributed by atoms with Crippen molar-refractivity contribution in [2.45, 2.75) is 38.9 Å². The van der Waals surface area contributed by atoms with Gasteiger partial charge in [-0.25, -0.2) is 4.79 Å². The minimum Gasteiger partial charge on any atom is -0.444 e. The number of nitrogens with zero attached hydrogens (tertiary/aromatic N) is 1. The number of hydrogen-bond donors (Lipinski definition) is 1. The van der Waals surface area contributed by atoms with Gasteiger partial charge in [-0.3, -0.25) is 0 Å². The van der Waals surface area contributed by atoms with Crippen LogP contribution < -0.4 is 5.73 Å². The van der Waals surface area contributed by atoms with E-state index in [1.54, 1.807) is 4.90 Å². The first-order valence-corrected chi connectivity index (χ1v) is 6.70. The van der Waals surface area contributed by atoms with Crippen LogP contribution in [0.25, 0.3) is 0 Å². The average molecular weight is 256 g/mol. The van der Waals surface area contributed by atoms with Gasteiger partial charge in [-0.2, -0.15) is 0 Å². The van der Waals surface area contributed by atoms with Crippen LogP contribution in [0.3, 0.4) is 0 Å². The van der Waals surface area contributed by atoms with E-state index in [9.17, 15) is 4.79 Å². The Hall–Kier alpha value is -0.810. The maximum atomic E-state index is 12.0. The number of carbonyl (C=O) groups excluding carboxylic acids is 1. The van der Waals surface area contributed by atoms with Gasteiger partial charge in [0.2, 0.25) is 0 Å². The summed E-state index contributed by atoms with van der Waals surface area (Å²) in [5, 5.41) is 0. The Morgan fingerprint density at radius 1 is 1.50 bits per heavy atom. The van der Waals surface area contributed by atoms with Crippen LogP contribution in [0, 0.1) is 11.8 Å². The van der Waals surface area contributed by atoms with E-state index in [2.05, 4.69) is 0 Å². The number of fused-ring (bicyclic) bond motifs is 1. The molecular weight excluding hydrogens is 232 g/mol. The van der Waals surface area contributed by atoms with E-state index in [0.29, 0.717) is 24.9 Å². The first kappa shape index (κ1) is 13.6. The molecule has 2 N–H and O–H groups in total. The van der Waals surface area contributed by atoms with Gasteiger partial charge in [0.25, 0.3) is 0 Å². The Kier molecular flexibility index (Phi) is 3.82. The second-order valence-electron chi connectivity index (χ2n) is 6.25. The summed E-state index contributed by atoms with van der Waals surface area (Å²) in [6, 6.07) is 0. The second kappa shape index (κ2) is 5.05. The number of hydrogen-bond acceptors (Lipinski definition) is 4. The van der Waals surface area contributed by atoms with Gasteiger partial charge in [0.05, 0.1) is 12.7 Å². The highest BCUT2D eigenvalue weighted by Gasteiger charge is 2.42. The van der Waals surface area contributed by atoms with Crippen molar-refractivity contribution >= 4 is 6.09 Å². The summed E-state index contributed by atoms with van der Waals surface area (Å²) >= 11 is 0. The molecule has 18 heavy (non-hydrogen) atoms. The molecule has 0 aliphatic carbocycles. The summed E-state index contributed by atoms with van der Waals surface area (Å²) in [6.07, 6.45) is 0.865. The highest BCUT2D eigenvalue weighted by molar-refractivity contribution is 5.68. The lowest BCUT2D eigenvalue weighted by atomic mass is 9.85. The summed E-state index contributed by atoms with van der Waals surface area (Å²) in [5.41, 5.74) is 5.27. The zero-order valence-electron chi connectivity index (χ0n) is 11.5. The molecule has 0 aromatic carbocycles. The molecule has 0 bridgehead atoms. The molecule has 2 fully saturated rings. The fourth-order valence-electron chi connectivity index (χ4n) is 2.76. The molecule has 1 amide bonds. The van der Waals surface area contributed by atoms with Crippen molar-refractivity contribution in [3.63, 3.8) is 0 Å². The maximum absolute atomic E-state index is 12.0. The molecule has 5 heteroatoms. The molecular formula is C13H24N2O3. The van der Waals surface area contributed by atoms with Crippen molar-refractivity contribution in [2.24, 2.45) is 17.6 Å². The van der Waals surface area contributed by atoms with Crippen LogP contribution in [0.5, 0.6) is 0 Å². The molecule has 2 saturated heterocycles. The van der Waals surface area contributed by atoms with Crippen LogP contribution in [0.15, 0.2) is 0 Å². The van der Waals surface area contributed by atoms with Crippen molar-refractivity contribution in [3.05, 3.63) is 0 Å². The molecule has 2 aliphatic rings. The molecule has 5 nitrogen and oxygen atoms in total. The number of ether oxygens (including phenoxy) is 2. The normalized spacial score (nSPS) is 32.2. The number of rotatable bonds is 1. The third kappa shape index (κ3) is 2.95. The first-order chi connectivity index (χ1) is 8.40. The van der Waals surface area contributed by atoms with Crippen LogP contribution in [0.1, 0.15) is 27.2 Å². The highest BCUT2D eigenvalue weighted by atomic mass is 16.6. The van der Waals surface area contributed by atoms with E-state index in [1.807, 2.05) is 20.8 Å². The van der Waals surface area contributed by atoms with Crippen molar-refractivity contribution in [1.82, 2.24) is 4.90 Å². The molecule has 2 heterocycles. The molecule has 0 radical (unpaired) electrons. The molecule has 2 rings (SSSR count). The Balaban J connectivity index is 1.94. The molecule has 0 unspecified atom stereocenters. The fourth-order valence-corrected chi connectivity index (χ4v) is 2.76. The monoisotopic (exact) mass is 256 g/mol. The molecule has 3 atom stereocenters. The van der Waals surface area contributed by atoms with Crippen LogP contribution >= 0.6 is 0 Å². The zero-order chi connectivity index (χ0) is 13.3. The SMILES string of the molecule is CC(C)(C)OC(=O)N1CC[C@H]2CO[C@H](CN)[C@H]2C1. The Morgan fingerprint density at radius 3 is 2.83 bits per heavy atom. The van der Waals surface area contributed by atoms with Crippen LogP contribution in [0.2, 0.25) is 0 Å². The van der Waals surface area contributed by atoms with Crippen molar-refractivity contribution in [3.8, 4) is 0 Å². The highest BCUT2D eigenvalue weighted by Crippen LogP contribution is 2.34. The van der Waals surface area contributed by atoms with Gasteiger partial charge in [0.15, 0.2) is 0 Å². The minimum atomic E-state index is -0.437. The summed E-state index contributed by atoms with van der Waals surface area (Å²) < 4.78 is 11.1. The average Bonchev–Trinajstić information content (AvgIpc) is 2.68. The summed E-state index contributed by atoms with van der Waals surface area (Å²) in [5.74, 6) is 0.925.